The fourth-order valence-electron chi connectivity index (χ4n) is 1.73. The number of benzene rings is 2. The molecule has 1 unspecified atom stereocenters. The second-order valence-corrected chi connectivity index (χ2v) is 5.84. The van der Waals surface area contributed by atoms with Crippen LogP contribution in [0.1, 0.15) is 17.2 Å². The first-order valence-electron chi connectivity index (χ1n) is 5.43. The lowest BCUT2D eigenvalue weighted by Gasteiger charge is -2.12. The molecule has 2 rings (SSSR count). The molecule has 1 nitrogen and oxygen atoms in total. The van der Waals surface area contributed by atoms with Crippen molar-refractivity contribution < 1.29 is 5.11 Å². The van der Waals surface area contributed by atoms with E-state index in [-0.39, 0.29) is 0 Å². The van der Waals surface area contributed by atoms with Gasteiger partial charge in [-0.1, -0.05) is 51.3 Å². The highest BCUT2D eigenvalue weighted by molar-refractivity contribution is 9.10. The summed E-state index contributed by atoms with van der Waals surface area (Å²) in [5, 5.41) is 11.2. The van der Waals surface area contributed by atoms with Crippen LogP contribution in [-0.4, -0.2) is 5.11 Å². The van der Waals surface area contributed by atoms with E-state index >= 15 is 0 Å². The first kappa shape index (κ1) is 13.9. The Kier molecular flexibility index (Phi) is 4.68. The molecule has 2 aromatic carbocycles. The van der Waals surface area contributed by atoms with Crippen molar-refractivity contribution in [1.82, 2.24) is 0 Å². The molecule has 0 radical (unpaired) electrons. The van der Waals surface area contributed by atoms with E-state index in [1.165, 1.54) is 0 Å². The Morgan fingerprint density at radius 2 is 1.56 bits per heavy atom. The number of hydrogen-bond acceptors (Lipinski definition) is 1. The predicted octanol–water partition coefficient (Wildman–Crippen LogP) is 5.03. The third-order valence-electron chi connectivity index (χ3n) is 2.61. The normalized spacial score (nSPS) is 12.4. The van der Waals surface area contributed by atoms with Gasteiger partial charge in [0.15, 0.2) is 0 Å². The molecule has 0 heterocycles. The summed E-state index contributed by atoms with van der Waals surface area (Å²) in [6, 6.07) is 13.0. The van der Waals surface area contributed by atoms with Gasteiger partial charge in [0.05, 0.1) is 6.10 Å². The number of hydrogen-bond donors (Lipinski definition) is 1. The van der Waals surface area contributed by atoms with E-state index in [4.69, 9.17) is 23.2 Å². The summed E-state index contributed by atoms with van der Waals surface area (Å²) in [5.74, 6) is 0. The quantitative estimate of drug-likeness (QED) is 0.826. The highest BCUT2D eigenvalue weighted by atomic mass is 79.9. The summed E-state index contributed by atoms with van der Waals surface area (Å²) in [7, 11) is 0. The second kappa shape index (κ2) is 6.07. The van der Waals surface area contributed by atoms with E-state index in [2.05, 4.69) is 15.9 Å². The fraction of sp³-hybridized carbons (Fsp3) is 0.143. The van der Waals surface area contributed by atoms with Gasteiger partial charge in [0, 0.05) is 20.9 Å². The van der Waals surface area contributed by atoms with E-state index in [0.717, 1.165) is 15.6 Å². The zero-order valence-corrected chi connectivity index (χ0v) is 12.5. The molecular formula is C14H11BrCl2O. The van der Waals surface area contributed by atoms with Crippen LogP contribution in [0.15, 0.2) is 46.9 Å². The van der Waals surface area contributed by atoms with Gasteiger partial charge in [-0.05, 0) is 41.5 Å². The topological polar surface area (TPSA) is 20.2 Å². The molecule has 1 atom stereocenters. The van der Waals surface area contributed by atoms with Crippen molar-refractivity contribution in [2.45, 2.75) is 12.5 Å². The summed E-state index contributed by atoms with van der Waals surface area (Å²) in [6.45, 7) is 0. The van der Waals surface area contributed by atoms with Gasteiger partial charge in [-0.25, -0.2) is 0 Å². The minimum atomic E-state index is -0.609. The van der Waals surface area contributed by atoms with Crippen LogP contribution in [0, 0.1) is 0 Å². The molecule has 0 aliphatic carbocycles. The Labute approximate surface area is 124 Å². The Morgan fingerprint density at radius 3 is 2.11 bits per heavy atom. The van der Waals surface area contributed by atoms with E-state index in [9.17, 15) is 5.11 Å². The predicted molar refractivity (Wildman–Crippen MR) is 79.3 cm³/mol. The van der Waals surface area contributed by atoms with Crippen molar-refractivity contribution >= 4 is 39.1 Å². The van der Waals surface area contributed by atoms with Gasteiger partial charge in [-0.15, -0.1) is 0 Å². The molecule has 94 valence electrons. The molecule has 0 bridgehead atoms. The molecule has 0 aromatic heterocycles. The molecular weight excluding hydrogens is 335 g/mol. The van der Waals surface area contributed by atoms with Gasteiger partial charge >= 0.3 is 0 Å². The maximum absolute atomic E-state index is 10.2. The lowest BCUT2D eigenvalue weighted by molar-refractivity contribution is 0.178. The van der Waals surface area contributed by atoms with Crippen molar-refractivity contribution in [2.75, 3.05) is 0 Å². The highest BCUT2D eigenvalue weighted by Gasteiger charge is 2.10. The largest absolute Gasteiger partial charge is 0.388 e. The van der Waals surface area contributed by atoms with Crippen LogP contribution in [0.25, 0.3) is 0 Å². The number of aliphatic hydroxyl groups excluding tert-OH is 1. The average Bonchev–Trinajstić information content (AvgIpc) is 2.31. The lowest BCUT2D eigenvalue weighted by Crippen LogP contribution is -2.01. The monoisotopic (exact) mass is 344 g/mol. The van der Waals surface area contributed by atoms with Crippen molar-refractivity contribution in [3.8, 4) is 0 Å². The highest BCUT2D eigenvalue weighted by Crippen LogP contribution is 2.26. The SMILES string of the molecule is OC(Cc1ccc(Br)cc1)c1cc(Cl)cc(Cl)c1. The van der Waals surface area contributed by atoms with E-state index < -0.39 is 6.10 Å². The smallest absolute Gasteiger partial charge is 0.0831 e. The van der Waals surface area contributed by atoms with Crippen LogP contribution < -0.4 is 0 Å². The summed E-state index contributed by atoms with van der Waals surface area (Å²) >= 11 is 15.2. The number of rotatable bonds is 3. The first-order chi connectivity index (χ1) is 8.54. The Bertz CT molecular complexity index is 520. The summed E-state index contributed by atoms with van der Waals surface area (Å²) in [4.78, 5) is 0. The summed E-state index contributed by atoms with van der Waals surface area (Å²) in [6.07, 6.45) is -0.0772. The standard InChI is InChI=1S/C14H11BrCl2O/c15-11-3-1-9(2-4-11)5-14(18)10-6-12(16)8-13(17)7-10/h1-4,6-8,14,18H,5H2. The molecule has 0 spiro atoms. The molecule has 1 N–H and O–H groups in total. The molecule has 0 aliphatic heterocycles. The van der Waals surface area contributed by atoms with Crippen LogP contribution in [-0.2, 0) is 6.42 Å². The van der Waals surface area contributed by atoms with Crippen LogP contribution >= 0.6 is 39.1 Å². The average molecular weight is 346 g/mol. The lowest BCUT2D eigenvalue weighted by atomic mass is 10.0. The molecule has 0 saturated heterocycles. The van der Waals surface area contributed by atoms with Gasteiger partial charge in [0.1, 0.15) is 0 Å². The van der Waals surface area contributed by atoms with E-state index in [1.54, 1.807) is 18.2 Å². The van der Waals surface area contributed by atoms with Crippen molar-refractivity contribution in [1.29, 1.82) is 0 Å². The summed E-state index contributed by atoms with van der Waals surface area (Å²) in [5.41, 5.74) is 1.79. The third kappa shape index (κ3) is 3.72. The molecule has 0 fully saturated rings. The van der Waals surface area contributed by atoms with Gasteiger partial charge in [0.25, 0.3) is 0 Å². The van der Waals surface area contributed by atoms with Crippen molar-refractivity contribution in [3.63, 3.8) is 0 Å². The summed E-state index contributed by atoms with van der Waals surface area (Å²) < 4.78 is 1.02. The van der Waals surface area contributed by atoms with Gasteiger partial charge < -0.3 is 5.11 Å². The molecule has 18 heavy (non-hydrogen) atoms. The zero-order valence-electron chi connectivity index (χ0n) is 9.41. The number of aliphatic hydroxyl groups is 1. The minimum Gasteiger partial charge on any atom is -0.388 e. The maximum atomic E-state index is 10.2. The molecule has 2 aromatic rings. The van der Waals surface area contributed by atoms with E-state index in [1.807, 2.05) is 24.3 Å². The minimum absolute atomic E-state index is 0.532. The number of halogens is 3. The van der Waals surface area contributed by atoms with Gasteiger partial charge in [-0.3, -0.25) is 0 Å². The first-order valence-corrected chi connectivity index (χ1v) is 6.98. The maximum Gasteiger partial charge on any atom is 0.0831 e. The molecule has 4 heteroatoms. The van der Waals surface area contributed by atoms with Crippen molar-refractivity contribution in [3.05, 3.63) is 68.1 Å². The van der Waals surface area contributed by atoms with Crippen LogP contribution in [0.5, 0.6) is 0 Å². The zero-order chi connectivity index (χ0) is 13.1. The van der Waals surface area contributed by atoms with Crippen LogP contribution in [0.3, 0.4) is 0 Å². The van der Waals surface area contributed by atoms with E-state index in [0.29, 0.717) is 16.5 Å². The van der Waals surface area contributed by atoms with Gasteiger partial charge in [-0.2, -0.15) is 0 Å². The molecule has 0 saturated carbocycles. The van der Waals surface area contributed by atoms with Crippen LogP contribution in [0.4, 0.5) is 0 Å². The Hall–Kier alpha value is -0.540. The van der Waals surface area contributed by atoms with Crippen molar-refractivity contribution in [2.24, 2.45) is 0 Å². The fourth-order valence-corrected chi connectivity index (χ4v) is 2.54. The third-order valence-corrected chi connectivity index (χ3v) is 3.58. The second-order valence-electron chi connectivity index (χ2n) is 4.05. The Morgan fingerprint density at radius 1 is 1.00 bits per heavy atom. The molecule has 0 amide bonds. The van der Waals surface area contributed by atoms with Crippen LogP contribution in [0.2, 0.25) is 10.0 Å². The molecule has 0 aliphatic rings. The Balaban J connectivity index is 2.16. The van der Waals surface area contributed by atoms with Gasteiger partial charge in [0.2, 0.25) is 0 Å².